The van der Waals surface area contributed by atoms with Gasteiger partial charge in [-0.2, -0.15) is 0 Å². The molecule has 2 heteroatoms. The SMILES string of the molecule is CCCC1CCCN(C(C)C(CC)NCC)CC1. The van der Waals surface area contributed by atoms with Gasteiger partial charge in [-0.05, 0) is 58.2 Å². The third-order valence-electron chi connectivity index (χ3n) is 4.64. The van der Waals surface area contributed by atoms with Crippen molar-refractivity contribution in [1.29, 1.82) is 0 Å². The molecule has 0 bridgehead atoms. The minimum Gasteiger partial charge on any atom is -0.313 e. The molecule has 2 nitrogen and oxygen atoms in total. The Morgan fingerprint density at radius 3 is 2.56 bits per heavy atom. The lowest BCUT2D eigenvalue weighted by Crippen LogP contribution is -2.48. The molecule has 1 N–H and O–H groups in total. The van der Waals surface area contributed by atoms with Gasteiger partial charge in [0.25, 0.3) is 0 Å². The van der Waals surface area contributed by atoms with E-state index in [-0.39, 0.29) is 0 Å². The van der Waals surface area contributed by atoms with Crippen molar-refractivity contribution >= 4 is 0 Å². The van der Waals surface area contributed by atoms with Gasteiger partial charge in [0.15, 0.2) is 0 Å². The first kappa shape index (κ1) is 16.0. The van der Waals surface area contributed by atoms with Gasteiger partial charge in [-0.1, -0.05) is 33.6 Å². The van der Waals surface area contributed by atoms with Gasteiger partial charge in [0.1, 0.15) is 0 Å². The Bertz CT molecular complexity index is 205. The monoisotopic (exact) mass is 254 g/mol. The fourth-order valence-corrected chi connectivity index (χ4v) is 3.46. The van der Waals surface area contributed by atoms with Crippen LogP contribution in [0.2, 0.25) is 0 Å². The van der Waals surface area contributed by atoms with Crippen molar-refractivity contribution in [3.63, 3.8) is 0 Å². The molecule has 1 aliphatic heterocycles. The van der Waals surface area contributed by atoms with Crippen LogP contribution in [0, 0.1) is 5.92 Å². The zero-order valence-electron chi connectivity index (χ0n) is 13.0. The molecular formula is C16H34N2. The largest absolute Gasteiger partial charge is 0.313 e. The standard InChI is InChI=1S/C16H34N2/c1-5-9-15-10-8-12-18(13-11-15)14(4)16(6-2)17-7-3/h14-17H,5-13H2,1-4H3. The van der Waals surface area contributed by atoms with E-state index in [4.69, 9.17) is 0 Å². The van der Waals surface area contributed by atoms with Crippen molar-refractivity contribution in [2.75, 3.05) is 19.6 Å². The first-order valence-corrected chi connectivity index (χ1v) is 8.20. The molecule has 18 heavy (non-hydrogen) atoms. The Morgan fingerprint density at radius 2 is 1.94 bits per heavy atom. The topological polar surface area (TPSA) is 15.3 Å². The fourth-order valence-electron chi connectivity index (χ4n) is 3.46. The first-order chi connectivity index (χ1) is 8.72. The van der Waals surface area contributed by atoms with Gasteiger partial charge in [-0.25, -0.2) is 0 Å². The summed E-state index contributed by atoms with van der Waals surface area (Å²) in [6, 6.07) is 1.35. The Hall–Kier alpha value is -0.0800. The Kier molecular flexibility index (Phi) is 7.92. The van der Waals surface area contributed by atoms with Crippen molar-refractivity contribution in [3.05, 3.63) is 0 Å². The van der Waals surface area contributed by atoms with Crippen LogP contribution in [0.4, 0.5) is 0 Å². The number of rotatable bonds is 7. The molecule has 1 heterocycles. The lowest BCUT2D eigenvalue weighted by atomic mass is 9.96. The molecule has 0 spiro atoms. The minimum absolute atomic E-state index is 0.665. The van der Waals surface area contributed by atoms with Crippen LogP contribution < -0.4 is 5.32 Å². The number of likely N-dealkylation sites (N-methyl/N-ethyl adjacent to an activating group) is 1. The summed E-state index contributed by atoms with van der Waals surface area (Å²) in [4.78, 5) is 2.73. The van der Waals surface area contributed by atoms with Gasteiger partial charge < -0.3 is 5.32 Å². The number of hydrogen-bond donors (Lipinski definition) is 1. The summed E-state index contributed by atoms with van der Waals surface area (Å²) in [5, 5.41) is 3.64. The second-order valence-electron chi connectivity index (χ2n) is 5.93. The average Bonchev–Trinajstić information content (AvgIpc) is 2.61. The van der Waals surface area contributed by atoms with Crippen molar-refractivity contribution in [2.24, 2.45) is 5.92 Å². The summed E-state index contributed by atoms with van der Waals surface area (Å²) < 4.78 is 0. The summed E-state index contributed by atoms with van der Waals surface area (Å²) in [6.07, 6.45) is 8.30. The van der Waals surface area contributed by atoms with E-state index < -0.39 is 0 Å². The number of nitrogens with one attached hydrogen (secondary N) is 1. The van der Waals surface area contributed by atoms with Crippen molar-refractivity contribution in [3.8, 4) is 0 Å². The highest BCUT2D eigenvalue weighted by Gasteiger charge is 2.24. The molecule has 0 aromatic rings. The molecule has 3 atom stereocenters. The predicted molar refractivity (Wildman–Crippen MR) is 81.0 cm³/mol. The van der Waals surface area contributed by atoms with E-state index in [1.807, 2.05) is 0 Å². The molecule has 0 aliphatic carbocycles. The lowest BCUT2D eigenvalue weighted by molar-refractivity contribution is 0.170. The lowest BCUT2D eigenvalue weighted by Gasteiger charge is -2.34. The molecule has 1 aliphatic rings. The van der Waals surface area contributed by atoms with Crippen molar-refractivity contribution in [2.45, 2.75) is 78.3 Å². The average molecular weight is 254 g/mol. The van der Waals surface area contributed by atoms with Gasteiger partial charge in [-0.3, -0.25) is 4.90 Å². The highest BCUT2D eigenvalue weighted by molar-refractivity contribution is 4.82. The van der Waals surface area contributed by atoms with E-state index in [0.29, 0.717) is 12.1 Å². The third-order valence-corrected chi connectivity index (χ3v) is 4.64. The summed E-state index contributed by atoms with van der Waals surface area (Å²) in [7, 11) is 0. The second kappa shape index (κ2) is 8.92. The van der Waals surface area contributed by atoms with Crippen LogP contribution in [0.25, 0.3) is 0 Å². The molecule has 1 rings (SSSR count). The van der Waals surface area contributed by atoms with E-state index in [1.165, 1.54) is 51.6 Å². The maximum Gasteiger partial charge on any atom is 0.0220 e. The summed E-state index contributed by atoms with van der Waals surface area (Å²) in [6.45, 7) is 13.0. The van der Waals surface area contributed by atoms with Crippen LogP contribution in [-0.4, -0.2) is 36.6 Å². The van der Waals surface area contributed by atoms with E-state index >= 15 is 0 Å². The van der Waals surface area contributed by atoms with Crippen molar-refractivity contribution < 1.29 is 0 Å². The maximum absolute atomic E-state index is 3.64. The van der Waals surface area contributed by atoms with Crippen LogP contribution in [0.5, 0.6) is 0 Å². The van der Waals surface area contributed by atoms with E-state index in [9.17, 15) is 0 Å². The van der Waals surface area contributed by atoms with Crippen LogP contribution in [0.3, 0.4) is 0 Å². The van der Waals surface area contributed by atoms with Gasteiger partial charge in [-0.15, -0.1) is 0 Å². The molecule has 0 amide bonds. The minimum atomic E-state index is 0.665. The number of nitrogens with zero attached hydrogens (tertiary/aromatic N) is 1. The highest BCUT2D eigenvalue weighted by Crippen LogP contribution is 2.23. The zero-order valence-corrected chi connectivity index (χ0v) is 13.0. The third kappa shape index (κ3) is 4.89. The quantitative estimate of drug-likeness (QED) is 0.746. The van der Waals surface area contributed by atoms with Crippen molar-refractivity contribution in [1.82, 2.24) is 10.2 Å². The zero-order chi connectivity index (χ0) is 13.4. The fraction of sp³-hybridized carbons (Fsp3) is 1.00. The van der Waals surface area contributed by atoms with Gasteiger partial charge in [0.2, 0.25) is 0 Å². The van der Waals surface area contributed by atoms with Crippen LogP contribution in [0.15, 0.2) is 0 Å². The Labute approximate surface area is 115 Å². The van der Waals surface area contributed by atoms with Crippen LogP contribution in [-0.2, 0) is 0 Å². The smallest absolute Gasteiger partial charge is 0.0220 e. The van der Waals surface area contributed by atoms with E-state index in [2.05, 4.69) is 37.9 Å². The van der Waals surface area contributed by atoms with Gasteiger partial charge in [0, 0.05) is 12.1 Å². The Balaban J connectivity index is 2.45. The molecule has 0 aromatic heterocycles. The predicted octanol–water partition coefficient (Wildman–Crippen LogP) is 3.67. The summed E-state index contributed by atoms with van der Waals surface area (Å²) in [5.41, 5.74) is 0. The molecule has 1 fully saturated rings. The highest BCUT2D eigenvalue weighted by atomic mass is 15.2. The van der Waals surface area contributed by atoms with E-state index in [0.717, 1.165) is 12.5 Å². The molecule has 0 aromatic carbocycles. The molecule has 1 saturated heterocycles. The molecule has 3 unspecified atom stereocenters. The van der Waals surface area contributed by atoms with Gasteiger partial charge in [0.05, 0.1) is 0 Å². The van der Waals surface area contributed by atoms with Gasteiger partial charge >= 0.3 is 0 Å². The Morgan fingerprint density at radius 1 is 1.17 bits per heavy atom. The maximum atomic E-state index is 3.64. The van der Waals surface area contributed by atoms with Crippen LogP contribution in [0.1, 0.15) is 66.2 Å². The van der Waals surface area contributed by atoms with Crippen LogP contribution >= 0.6 is 0 Å². The molecule has 0 radical (unpaired) electrons. The van der Waals surface area contributed by atoms with E-state index in [1.54, 1.807) is 0 Å². The number of hydrogen-bond acceptors (Lipinski definition) is 2. The molecular weight excluding hydrogens is 220 g/mol. The first-order valence-electron chi connectivity index (χ1n) is 8.20. The number of likely N-dealkylation sites (tertiary alicyclic amines) is 1. The molecule has 108 valence electrons. The summed E-state index contributed by atoms with van der Waals surface area (Å²) >= 11 is 0. The molecule has 0 saturated carbocycles. The summed E-state index contributed by atoms with van der Waals surface area (Å²) in [5.74, 6) is 0.992. The normalized spacial score (nSPS) is 25.7. The second-order valence-corrected chi connectivity index (χ2v) is 5.93.